The van der Waals surface area contributed by atoms with Crippen molar-refractivity contribution in [2.75, 3.05) is 0 Å². The molecule has 0 amide bonds. The van der Waals surface area contributed by atoms with Gasteiger partial charge < -0.3 is 9.84 Å². The maximum Gasteiger partial charge on any atom is 0.335 e. The molecule has 0 aliphatic heterocycles. The summed E-state index contributed by atoms with van der Waals surface area (Å²) in [5.74, 6) is -0.331. The van der Waals surface area contributed by atoms with Gasteiger partial charge in [0, 0.05) is 6.20 Å². The number of carboxylic acid groups (broad SMARTS) is 1. The summed E-state index contributed by atoms with van der Waals surface area (Å²) in [4.78, 5) is 23.6. The fourth-order valence-corrected chi connectivity index (χ4v) is 3.32. The number of benzene rings is 2. The Labute approximate surface area is 183 Å². The Morgan fingerprint density at radius 1 is 1.10 bits per heavy atom. The number of aromatic nitrogens is 1. The minimum Gasteiger partial charge on any atom is -0.487 e. The number of carboxylic acids is 1. The standard InChI is InChI=1S/C23H19Cl2NO4/c1-2-15-4-3-5-18(12-15)30-14-21-19(24)13-20(25)22(27)26(21)11-10-16-6-8-17(9-7-16)23(28)29/h3-13H,2,14H2,1H3,(H,28,29). The van der Waals surface area contributed by atoms with E-state index < -0.39 is 11.5 Å². The SMILES string of the molecule is CCc1cccc(OCc2c(Cl)cc(Cl)c(=O)n2C=Cc2ccc(C(=O)O)cc2)c1. The average Bonchev–Trinajstić information content (AvgIpc) is 2.75. The molecule has 3 rings (SSSR count). The highest BCUT2D eigenvalue weighted by Gasteiger charge is 2.12. The lowest BCUT2D eigenvalue weighted by molar-refractivity contribution is 0.0697. The summed E-state index contributed by atoms with van der Waals surface area (Å²) in [6.45, 7) is 2.13. The normalized spacial score (nSPS) is 11.0. The van der Waals surface area contributed by atoms with Crippen molar-refractivity contribution in [2.24, 2.45) is 0 Å². The number of rotatable bonds is 7. The molecule has 0 atom stereocenters. The second-order valence-electron chi connectivity index (χ2n) is 6.49. The second-order valence-corrected chi connectivity index (χ2v) is 7.31. The molecule has 1 N–H and O–H groups in total. The van der Waals surface area contributed by atoms with Gasteiger partial charge in [0.1, 0.15) is 17.4 Å². The van der Waals surface area contributed by atoms with E-state index >= 15 is 0 Å². The molecule has 0 aliphatic carbocycles. The quantitative estimate of drug-likeness (QED) is 0.514. The topological polar surface area (TPSA) is 68.5 Å². The van der Waals surface area contributed by atoms with E-state index in [4.69, 9.17) is 33.0 Å². The number of hydrogen-bond acceptors (Lipinski definition) is 3. The number of aryl methyl sites for hydroxylation is 1. The Morgan fingerprint density at radius 2 is 1.83 bits per heavy atom. The molecular weight excluding hydrogens is 425 g/mol. The van der Waals surface area contributed by atoms with Crippen LogP contribution in [0.1, 0.15) is 34.1 Å². The molecule has 0 bridgehead atoms. The van der Waals surface area contributed by atoms with Gasteiger partial charge in [-0.05, 0) is 54.0 Å². The maximum atomic E-state index is 12.6. The Hall–Kier alpha value is -3.02. The predicted octanol–water partition coefficient (Wildman–Crippen LogP) is 5.62. The molecule has 5 nitrogen and oxygen atoms in total. The molecule has 0 saturated carbocycles. The monoisotopic (exact) mass is 443 g/mol. The molecule has 0 spiro atoms. The Balaban J connectivity index is 1.91. The van der Waals surface area contributed by atoms with Crippen molar-refractivity contribution in [1.29, 1.82) is 0 Å². The molecule has 1 heterocycles. The fourth-order valence-electron chi connectivity index (χ4n) is 2.81. The first-order chi connectivity index (χ1) is 14.4. The molecule has 2 aromatic carbocycles. The van der Waals surface area contributed by atoms with Crippen molar-refractivity contribution in [3.63, 3.8) is 0 Å². The van der Waals surface area contributed by atoms with Crippen LogP contribution in [0.3, 0.4) is 0 Å². The van der Waals surface area contributed by atoms with Crippen molar-refractivity contribution in [2.45, 2.75) is 20.0 Å². The first-order valence-electron chi connectivity index (χ1n) is 9.21. The minimum absolute atomic E-state index is 0.0115. The van der Waals surface area contributed by atoms with Gasteiger partial charge in [-0.3, -0.25) is 9.36 Å². The lowest BCUT2D eigenvalue weighted by atomic mass is 10.1. The molecule has 30 heavy (non-hydrogen) atoms. The van der Waals surface area contributed by atoms with Crippen LogP contribution in [-0.2, 0) is 13.0 Å². The summed E-state index contributed by atoms with van der Waals surface area (Å²) >= 11 is 12.4. The lowest BCUT2D eigenvalue weighted by Crippen LogP contribution is -2.21. The Kier molecular flexibility index (Phi) is 6.98. The number of nitrogens with zero attached hydrogens (tertiary/aromatic N) is 1. The molecule has 0 aliphatic rings. The first kappa shape index (κ1) is 21.7. The van der Waals surface area contributed by atoms with Crippen LogP contribution < -0.4 is 10.3 Å². The van der Waals surface area contributed by atoms with Crippen LogP contribution in [0.15, 0.2) is 59.4 Å². The minimum atomic E-state index is -1.00. The van der Waals surface area contributed by atoms with E-state index in [2.05, 4.69) is 6.92 Å². The molecule has 0 radical (unpaired) electrons. The summed E-state index contributed by atoms with van der Waals surface area (Å²) in [7, 11) is 0. The predicted molar refractivity (Wildman–Crippen MR) is 119 cm³/mol. The summed E-state index contributed by atoms with van der Waals surface area (Å²) in [5, 5.41) is 9.29. The highest BCUT2D eigenvalue weighted by molar-refractivity contribution is 6.34. The van der Waals surface area contributed by atoms with E-state index in [1.165, 1.54) is 29.0 Å². The van der Waals surface area contributed by atoms with Crippen LogP contribution in [0.4, 0.5) is 0 Å². The van der Waals surface area contributed by atoms with Gasteiger partial charge in [0.25, 0.3) is 5.56 Å². The second kappa shape index (κ2) is 9.65. The van der Waals surface area contributed by atoms with Gasteiger partial charge in [-0.15, -0.1) is 0 Å². The van der Waals surface area contributed by atoms with Gasteiger partial charge in [0.2, 0.25) is 0 Å². The molecule has 3 aromatic rings. The van der Waals surface area contributed by atoms with Crippen molar-refractivity contribution in [1.82, 2.24) is 4.57 Å². The molecule has 1 aromatic heterocycles. The number of aromatic carboxylic acids is 1. The molecule has 7 heteroatoms. The van der Waals surface area contributed by atoms with E-state index in [0.717, 1.165) is 12.0 Å². The lowest BCUT2D eigenvalue weighted by Gasteiger charge is -2.13. The van der Waals surface area contributed by atoms with E-state index in [0.29, 0.717) is 22.0 Å². The molecule has 0 unspecified atom stereocenters. The van der Waals surface area contributed by atoms with Gasteiger partial charge in [0.15, 0.2) is 0 Å². The average molecular weight is 444 g/mol. The molecule has 0 fully saturated rings. The number of pyridine rings is 1. The third-order valence-electron chi connectivity index (χ3n) is 4.50. The van der Waals surface area contributed by atoms with Gasteiger partial charge >= 0.3 is 5.97 Å². The van der Waals surface area contributed by atoms with Crippen molar-refractivity contribution in [3.05, 3.63) is 97.4 Å². The zero-order chi connectivity index (χ0) is 21.7. The van der Waals surface area contributed by atoms with Crippen LogP contribution in [-0.4, -0.2) is 15.6 Å². The van der Waals surface area contributed by atoms with Gasteiger partial charge in [-0.1, -0.05) is 54.4 Å². The molecule has 0 saturated heterocycles. The molecule has 154 valence electrons. The first-order valence-corrected chi connectivity index (χ1v) is 9.97. The number of ether oxygens (including phenoxy) is 1. The van der Waals surface area contributed by atoms with Crippen LogP contribution in [0.25, 0.3) is 12.3 Å². The summed E-state index contributed by atoms with van der Waals surface area (Å²) < 4.78 is 7.19. The number of hydrogen-bond donors (Lipinski definition) is 1. The summed E-state index contributed by atoms with van der Waals surface area (Å²) in [6.07, 6.45) is 4.09. The highest BCUT2D eigenvalue weighted by Crippen LogP contribution is 2.22. The van der Waals surface area contributed by atoms with Gasteiger partial charge in [-0.2, -0.15) is 0 Å². The van der Waals surface area contributed by atoms with Gasteiger partial charge in [-0.25, -0.2) is 4.79 Å². The van der Waals surface area contributed by atoms with Crippen molar-refractivity contribution >= 4 is 41.4 Å². The van der Waals surface area contributed by atoms with Crippen LogP contribution in [0.2, 0.25) is 10.0 Å². The van der Waals surface area contributed by atoms with Crippen molar-refractivity contribution < 1.29 is 14.6 Å². The number of carbonyl (C=O) groups is 1. The zero-order valence-corrected chi connectivity index (χ0v) is 17.7. The van der Waals surface area contributed by atoms with Crippen LogP contribution >= 0.6 is 23.2 Å². The Bertz CT molecular complexity index is 1150. The van der Waals surface area contributed by atoms with Crippen LogP contribution in [0, 0.1) is 0 Å². The summed E-state index contributed by atoms with van der Waals surface area (Å²) in [5.41, 5.74) is 2.05. The smallest absolute Gasteiger partial charge is 0.335 e. The van der Waals surface area contributed by atoms with E-state index in [9.17, 15) is 9.59 Å². The maximum absolute atomic E-state index is 12.6. The van der Waals surface area contributed by atoms with E-state index in [1.807, 2.05) is 24.3 Å². The Morgan fingerprint density at radius 3 is 2.50 bits per heavy atom. The third kappa shape index (κ3) is 5.12. The fraction of sp³-hybridized carbons (Fsp3) is 0.130. The zero-order valence-electron chi connectivity index (χ0n) is 16.1. The van der Waals surface area contributed by atoms with Gasteiger partial charge in [0.05, 0.1) is 16.3 Å². The number of halogens is 2. The third-order valence-corrected chi connectivity index (χ3v) is 5.10. The van der Waals surface area contributed by atoms with E-state index in [-0.39, 0.29) is 17.2 Å². The largest absolute Gasteiger partial charge is 0.487 e. The summed E-state index contributed by atoms with van der Waals surface area (Å²) in [6, 6.07) is 15.4. The van der Waals surface area contributed by atoms with Crippen LogP contribution in [0.5, 0.6) is 5.75 Å². The van der Waals surface area contributed by atoms with Crippen molar-refractivity contribution in [3.8, 4) is 5.75 Å². The molecular formula is C23H19Cl2NO4. The highest BCUT2D eigenvalue weighted by atomic mass is 35.5. The van der Waals surface area contributed by atoms with E-state index in [1.54, 1.807) is 18.2 Å².